The quantitative estimate of drug-likeness (QED) is 0.500. The maximum absolute atomic E-state index is 13.6. The second-order valence-electron chi connectivity index (χ2n) is 9.99. The van der Waals surface area contributed by atoms with Crippen molar-refractivity contribution in [2.45, 2.75) is 51.0 Å². The van der Waals surface area contributed by atoms with E-state index in [9.17, 15) is 19.8 Å². The summed E-state index contributed by atoms with van der Waals surface area (Å²) in [7, 11) is 0. The fourth-order valence-corrected chi connectivity index (χ4v) is 5.25. The summed E-state index contributed by atoms with van der Waals surface area (Å²) < 4.78 is 17.1. The lowest BCUT2D eigenvalue weighted by atomic mass is 9.77. The van der Waals surface area contributed by atoms with Gasteiger partial charge in [0.25, 0.3) is 0 Å². The largest absolute Gasteiger partial charge is 0.486 e. The molecule has 2 amide bonds. The van der Waals surface area contributed by atoms with Gasteiger partial charge in [0.1, 0.15) is 18.0 Å². The number of hydrogen-bond acceptors (Lipinski definition) is 7. The Labute approximate surface area is 215 Å². The molecule has 0 saturated carbocycles. The molecular formula is C28H32N2O7. The maximum atomic E-state index is 13.6. The van der Waals surface area contributed by atoms with E-state index >= 15 is 0 Å². The second kappa shape index (κ2) is 10.4. The number of nitrogens with zero attached hydrogens (tertiary/aromatic N) is 1. The molecule has 4 atom stereocenters. The van der Waals surface area contributed by atoms with E-state index in [-0.39, 0.29) is 50.6 Å². The van der Waals surface area contributed by atoms with E-state index in [1.807, 2.05) is 50.2 Å². The molecule has 196 valence electrons. The predicted octanol–water partition coefficient (Wildman–Crippen LogP) is 2.11. The van der Waals surface area contributed by atoms with Gasteiger partial charge in [0, 0.05) is 30.6 Å². The van der Waals surface area contributed by atoms with Gasteiger partial charge in [-0.3, -0.25) is 9.59 Å². The summed E-state index contributed by atoms with van der Waals surface area (Å²) >= 11 is 0. The first-order valence-electron chi connectivity index (χ1n) is 12.6. The normalized spacial score (nSPS) is 23.1. The highest BCUT2D eigenvalue weighted by atomic mass is 16.7. The molecule has 3 aliphatic rings. The minimum Gasteiger partial charge on any atom is -0.486 e. The van der Waals surface area contributed by atoms with Crippen molar-refractivity contribution in [2.75, 3.05) is 19.9 Å². The zero-order valence-corrected chi connectivity index (χ0v) is 20.9. The highest BCUT2D eigenvalue weighted by molar-refractivity contribution is 5.96. The van der Waals surface area contributed by atoms with Crippen LogP contribution in [0.2, 0.25) is 0 Å². The summed E-state index contributed by atoms with van der Waals surface area (Å²) in [5.41, 5.74) is 2.03. The van der Waals surface area contributed by atoms with Gasteiger partial charge in [-0.1, -0.05) is 38.1 Å². The molecule has 2 aliphatic heterocycles. The molecule has 2 heterocycles. The van der Waals surface area contributed by atoms with Gasteiger partial charge in [0.2, 0.25) is 18.6 Å². The first-order valence-corrected chi connectivity index (χ1v) is 12.6. The van der Waals surface area contributed by atoms with Crippen LogP contribution >= 0.6 is 0 Å². The third-order valence-corrected chi connectivity index (χ3v) is 6.93. The summed E-state index contributed by atoms with van der Waals surface area (Å²) in [5.74, 6) is 0.959. The molecule has 0 fully saturated rings. The summed E-state index contributed by atoms with van der Waals surface area (Å²) in [6.45, 7) is 4.17. The first-order chi connectivity index (χ1) is 17.9. The van der Waals surface area contributed by atoms with Crippen LogP contribution < -0.4 is 19.5 Å². The number of para-hydroxylation sites is 1. The molecule has 37 heavy (non-hydrogen) atoms. The third-order valence-electron chi connectivity index (χ3n) is 6.93. The number of nitrogens with one attached hydrogen (secondary N) is 1. The van der Waals surface area contributed by atoms with E-state index in [4.69, 9.17) is 14.2 Å². The summed E-state index contributed by atoms with van der Waals surface area (Å²) in [4.78, 5) is 28.4. The van der Waals surface area contributed by atoms with Gasteiger partial charge in [-0.15, -0.1) is 0 Å². The van der Waals surface area contributed by atoms with Crippen molar-refractivity contribution < 1.29 is 34.0 Å². The van der Waals surface area contributed by atoms with Gasteiger partial charge in [0.05, 0.1) is 18.6 Å². The van der Waals surface area contributed by atoms with E-state index < -0.39 is 24.2 Å². The summed E-state index contributed by atoms with van der Waals surface area (Å²) in [6, 6.07) is 12.1. The molecule has 1 aliphatic carbocycles. The van der Waals surface area contributed by atoms with Crippen LogP contribution in [0.1, 0.15) is 37.3 Å². The molecule has 0 unspecified atom stereocenters. The summed E-state index contributed by atoms with van der Waals surface area (Å²) in [5, 5.41) is 23.6. The lowest BCUT2D eigenvalue weighted by Gasteiger charge is -2.41. The fourth-order valence-electron chi connectivity index (χ4n) is 5.25. The predicted molar refractivity (Wildman–Crippen MR) is 134 cm³/mol. The number of rotatable bonds is 8. The van der Waals surface area contributed by atoms with Crippen molar-refractivity contribution in [3.8, 4) is 17.2 Å². The van der Waals surface area contributed by atoms with Gasteiger partial charge in [0.15, 0.2) is 11.5 Å². The van der Waals surface area contributed by atoms with Crippen LogP contribution in [0.5, 0.6) is 17.2 Å². The Balaban J connectivity index is 1.53. The molecule has 2 aromatic carbocycles. The van der Waals surface area contributed by atoms with Crippen LogP contribution in [0.3, 0.4) is 0 Å². The van der Waals surface area contributed by atoms with Gasteiger partial charge in [-0.2, -0.15) is 0 Å². The van der Waals surface area contributed by atoms with Crippen molar-refractivity contribution in [1.82, 2.24) is 10.2 Å². The molecule has 0 spiro atoms. The number of amides is 2. The van der Waals surface area contributed by atoms with Crippen molar-refractivity contribution >= 4 is 11.8 Å². The van der Waals surface area contributed by atoms with E-state index in [0.29, 0.717) is 22.8 Å². The SMILES string of the molecule is CC(C)CC(=O)N(Cc1ccc2c(c1)OCO2)[C@@H]1C=C(C(=O)NCCO)[C@@H]2c3ccccc3O[C@@H]2[C@H]1O. The van der Waals surface area contributed by atoms with Crippen LogP contribution in [-0.2, 0) is 16.1 Å². The second-order valence-corrected chi connectivity index (χ2v) is 9.99. The fraction of sp³-hybridized carbons (Fsp3) is 0.429. The van der Waals surface area contributed by atoms with Gasteiger partial charge in [-0.05, 0) is 35.8 Å². The Morgan fingerprint density at radius 3 is 2.68 bits per heavy atom. The standard InChI is InChI=1S/C28H32N2O7/c1-16(2)11-24(32)30(14-17-7-8-22-23(12-17)36-15-35-22)20-13-19(28(34)29-9-10-31)25-18-5-3-4-6-21(18)37-27(25)26(20)33/h3-8,12-13,16,20,25-27,31,33H,9-11,14-15H2,1-2H3,(H,29,34)/t20-,25+,26+,27+/m1/s1. The Morgan fingerprint density at radius 1 is 1.11 bits per heavy atom. The maximum Gasteiger partial charge on any atom is 0.247 e. The van der Waals surface area contributed by atoms with Crippen LogP contribution in [0, 0.1) is 5.92 Å². The lowest BCUT2D eigenvalue weighted by molar-refractivity contribution is -0.138. The average molecular weight is 509 g/mol. The highest BCUT2D eigenvalue weighted by Gasteiger charge is 2.50. The molecule has 2 aromatic rings. The summed E-state index contributed by atoms with van der Waals surface area (Å²) in [6.07, 6.45) is 0.156. The first kappa shape index (κ1) is 25.1. The number of benzene rings is 2. The van der Waals surface area contributed by atoms with Crippen molar-refractivity contribution in [3.05, 3.63) is 65.2 Å². The van der Waals surface area contributed by atoms with E-state index in [0.717, 1.165) is 11.1 Å². The molecule has 9 heteroatoms. The number of hydrogen-bond donors (Lipinski definition) is 3. The Bertz CT molecular complexity index is 1210. The number of fused-ring (bicyclic) bond motifs is 4. The minimum absolute atomic E-state index is 0.0937. The third kappa shape index (κ3) is 4.89. The van der Waals surface area contributed by atoms with Crippen LogP contribution in [0.15, 0.2) is 54.1 Å². The number of carbonyl (C=O) groups is 2. The molecule has 0 bridgehead atoms. The zero-order chi connectivity index (χ0) is 26.1. The number of aliphatic hydroxyl groups excluding tert-OH is 2. The molecule has 0 radical (unpaired) electrons. The molecule has 3 N–H and O–H groups in total. The van der Waals surface area contributed by atoms with Crippen molar-refractivity contribution in [3.63, 3.8) is 0 Å². The van der Waals surface area contributed by atoms with E-state index in [1.54, 1.807) is 17.0 Å². The molecular weight excluding hydrogens is 476 g/mol. The Hall–Kier alpha value is -3.56. The van der Waals surface area contributed by atoms with Gasteiger partial charge < -0.3 is 34.6 Å². The molecule has 9 nitrogen and oxygen atoms in total. The Kier molecular flexibility index (Phi) is 7.08. The topological polar surface area (TPSA) is 118 Å². The lowest BCUT2D eigenvalue weighted by Crippen LogP contribution is -2.55. The number of ether oxygens (including phenoxy) is 3. The Morgan fingerprint density at radius 2 is 1.89 bits per heavy atom. The van der Waals surface area contributed by atoms with Crippen LogP contribution in [-0.4, -0.2) is 65.1 Å². The van der Waals surface area contributed by atoms with E-state index in [1.165, 1.54) is 0 Å². The number of carbonyl (C=O) groups excluding carboxylic acids is 2. The molecule has 0 saturated heterocycles. The number of aliphatic hydroxyl groups is 2. The highest BCUT2D eigenvalue weighted by Crippen LogP contribution is 2.47. The van der Waals surface area contributed by atoms with Gasteiger partial charge in [-0.25, -0.2) is 0 Å². The monoisotopic (exact) mass is 508 g/mol. The zero-order valence-electron chi connectivity index (χ0n) is 20.9. The van der Waals surface area contributed by atoms with Crippen molar-refractivity contribution in [1.29, 1.82) is 0 Å². The van der Waals surface area contributed by atoms with Crippen LogP contribution in [0.4, 0.5) is 0 Å². The molecule has 0 aromatic heterocycles. The molecule has 5 rings (SSSR count). The minimum atomic E-state index is -1.07. The van der Waals surface area contributed by atoms with Crippen molar-refractivity contribution in [2.24, 2.45) is 5.92 Å². The smallest absolute Gasteiger partial charge is 0.247 e. The van der Waals surface area contributed by atoms with Gasteiger partial charge >= 0.3 is 0 Å². The van der Waals surface area contributed by atoms with E-state index in [2.05, 4.69) is 5.32 Å². The van der Waals surface area contributed by atoms with Crippen LogP contribution in [0.25, 0.3) is 0 Å². The average Bonchev–Trinajstić information content (AvgIpc) is 3.51.